The minimum atomic E-state index is 0.360. The highest BCUT2D eigenvalue weighted by atomic mass is 32.2. The van der Waals surface area contributed by atoms with Crippen molar-refractivity contribution in [2.75, 3.05) is 7.05 Å². The average molecular weight is 187 g/mol. The van der Waals surface area contributed by atoms with Crippen LogP contribution in [0.2, 0.25) is 0 Å². The van der Waals surface area contributed by atoms with Crippen molar-refractivity contribution in [2.45, 2.75) is 0 Å². The van der Waals surface area contributed by atoms with E-state index < -0.39 is 0 Å². The van der Waals surface area contributed by atoms with Crippen molar-refractivity contribution < 1.29 is 0 Å². The van der Waals surface area contributed by atoms with Crippen LogP contribution in [0.15, 0.2) is 22.3 Å². The molecule has 0 fully saturated rings. The zero-order chi connectivity index (χ0) is 8.85. The molecular weight excluding hydrogens is 178 g/mol. The number of hydrogen-bond donors (Lipinski definition) is 3. The number of nitrogens with zero attached hydrogens (tertiary/aromatic N) is 2. The Morgan fingerprint density at radius 3 is 2.45 bits per heavy atom. The summed E-state index contributed by atoms with van der Waals surface area (Å²) in [4.78, 5) is 1.54. The molecule has 11 heavy (non-hydrogen) atoms. The summed E-state index contributed by atoms with van der Waals surface area (Å²) in [6.45, 7) is 0. The monoisotopic (exact) mass is 187 g/mol. The summed E-state index contributed by atoms with van der Waals surface area (Å²) in [6.07, 6.45) is 2.88. The highest BCUT2D eigenvalue weighted by Gasteiger charge is 2.01. The lowest BCUT2D eigenvalue weighted by molar-refractivity contribution is 0.591. The van der Waals surface area contributed by atoms with Crippen LogP contribution in [0.5, 0.6) is 0 Å². The third-order valence-corrected chi connectivity index (χ3v) is 1.40. The first kappa shape index (κ1) is 10.3. The van der Waals surface area contributed by atoms with Crippen LogP contribution < -0.4 is 5.73 Å². The minimum absolute atomic E-state index is 0.360. The van der Waals surface area contributed by atoms with Crippen LogP contribution in [0.3, 0.4) is 0 Å². The van der Waals surface area contributed by atoms with Gasteiger partial charge in [-0.25, -0.2) is 0 Å². The van der Waals surface area contributed by atoms with Crippen molar-refractivity contribution in [3.8, 4) is 6.07 Å². The van der Waals surface area contributed by atoms with E-state index >= 15 is 0 Å². The van der Waals surface area contributed by atoms with E-state index in [1.54, 1.807) is 13.2 Å². The molecule has 0 aliphatic carbocycles. The lowest BCUT2D eigenvalue weighted by Gasteiger charge is -2.11. The molecule has 5 heteroatoms. The lowest BCUT2D eigenvalue weighted by Crippen LogP contribution is -2.09. The van der Waals surface area contributed by atoms with Gasteiger partial charge in [0.2, 0.25) is 0 Å². The van der Waals surface area contributed by atoms with Gasteiger partial charge in [0.15, 0.2) is 0 Å². The number of nitriles is 1. The summed E-state index contributed by atoms with van der Waals surface area (Å²) in [7, 11) is 1.69. The van der Waals surface area contributed by atoms with Gasteiger partial charge in [0.25, 0.3) is 0 Å². The molecule has 0 aliphatic heterocycles. The van der Waals surface area contributed by atoms with E-state index in [1.807, 2.05) is 6.07 Å². The van der Waals surface area contributed by atoms with Gasteiger partial charge in [-0.05, 0) is 0 Å². The molecule has 0 unspecified atom stereocenters. The lowest BCUT2D eigenvalue weighted by atomic mass is 10.5. The molecule has 0 saturated carbocycles. The fraction of sp³-hybridized carbons (Fsp3) is 0.167. The molecule has 0 saturated heterocycles. The predicted octanol–water partition coefficient (Wildman–Crippen LogP) is 0.900. The second-order valence-corrected chi connectivity index (χ2v) is 2.98. The van der Waals surface area contributed by atoms with Gasteiger partial charge in [-0.1, -0.05) is 0 Å². The van der Waals surface area contributed by atoms with Gasteiger partial charge < -0.3 is 10.6 Å². The van der Waals surface area contributed by atoms with Crippen LogP contribution in [0.25, 0.3) is 0 Å². The van der Waals surface area contributed by atoms with Crippen LogP contribution in [0, 0.1) is 11.3 Å². The molecular formula is C6H9N3S2. The first-order valence-electron chi connectivity index (χ1n) is 2.77. The molecule has 2 N–H and O–H groups in total. The van der Waals surface area contributed by atoms with Crippen molar-refractivity contribution in [3.05, 3.63) is 22.3 Å². The van der Waals surface area contributed by atoms with Gasteiger partial charge in [0.1, 0.15) is 11.8 Å². The van der Waals surface area contributed by atoms with Gasteiger partial charge in [0, 0.05) is 19.4 Å². The van der Waals surface area contributed by atoms with Crippen molar-refractivity contribution in [3.63, 3.8) is 0 Å². The molecule has 60 valence electrons. The molecule has 0 amide bonds. The van der Waals surface area contributed by atoms with Crippen LogP contribution in [-0.4, -0.2) is 11.9 Å². The molecule has 0 aromatic carbocycles. The normalized spacial score (nSPS) is 9.27. The summed E-state index contributed by atoms with van der Waals surface area (Å²) >= 11 is 7.82. The van der Waals surface area contributed by atoms with Gasteiger partial charge in [0.05, 0.1) is 4.24 Å². The Balaban J connectivity index is 4.57. The van der Waals surface area contributed by atoms with Crippen LogP contribution >= 0.6 is 25.3 Å². The van der Waals surface area contributed by atoms with E-state index in [2.05, 4.69) is 25.3 Å². The summed E-state index contributed by atoms with van der Waals surface area (Å²) in [5.41, 5.74) is 5.48. The summed E-state index contributed by atoms with van der Waals surface area (Å²) in [5, 5.41) is 8.57. The molecule has 0 bridgehead atoms. The maximum Gasteiger partial charge on any atom is 0.139 e. The number of allylic oxidation sites excluding steroid dienone is 1. The third-order valence-electron chi connectivity index (χ3n) is 0.980. The van der Waals surface area contributed by atoms with Crippen LogP contribution in [0.4, 0.5) is 0 Å². The Morgan fingerprint density at radius 2 is 2.18 bits per heavy atom. The number of hydrogen-bond acceptors (Lipinski definition) is 5. The molecule has 0 aromatic rings. The number of rotatable bonds is 2. The van der Waals surface area contributed by atoms with Crippen molar-refractivity contribution in [1.29, 1.82) is 5.26 Å². The Hall–Kier alpha value is -0.730. The van der Waals surface area contributed by atoms with E-state index in [9.17, 15) is 0 Å². The van der Waals surface area contributed by atoms with Gasteiger partial charge in [-0.15, -0.1) is 25.3 Å². The highest BCUT2D eigenvalue weighted by molar-refractivity contribution is 8.05. The fourth-order valence-electron chi connectivity index (χ4n) is 0.490. The zero-order valence-electron chi connectivity index (χ0n) is 6.02. The van der Waals surface area contributed by atoms with E-state index in [0.29, 0.717) is 9.93 Å². The Morgan fingerprint density at radius 1 is 1.64 bits per heavy atom. The second-order valence-electron chi connectivity index (χ2n) is 1.74. The summed E-state index contributed by atoms with van der Waals surface area (Å²) < 4.78 is 0.369. The van der Waals surface area contributed by atoms with E-state index in [1.165, 1.54) is 11.1 Å². The molecule has 0 heterocycles. The van der Waals surface area contributed by atoms with E-state index in [0.717, 1.165) is 0 Å². The summed E-state index contributed by atoms with van der Waals surface area (Å²) in [6, 6.07) is 1.93. The maximum absolute atomic E-state index is 8.57. The van der Waals surface area contributed by atoms with Gasteiger partial charge >= 0.3 is 0 Å². The molecule has 0 aliphatic rings. The second kappa shape index (κ2) is 4.99. The average Bonchev–Trinajstić information content (AvgIpc) is 1.88. The molecule has 0 spiro atoms. The SMILES string of the molecule is CN(/C=C\N)C(C#N)=C(S)S. The summed E-state index contributed by atoms with van der Waals surface area (Å²) in [5.74, 6) is 0. The van der Waals surface area contributed by atoms with Gasteiger partial charge in [-0.3, -0.25) is 0 Å². The molecule has 3 nitrogen and oxygen atoms in total. The largest absolute Gasteiger partial charge is 0.403 e. The Labute approximate surface area is 77.0 Å². The Bertz CT molecular complexity index is 222. The Kier molecular flexibility index (Phi) is 4.66. The molecule has 0 rings (SSSR count). The first-order chi connectivity index (χ1) is 5.13. The van der Waals surface area contributed by atoms with Crippen LogP contribution in [0.1, 0.15) is 0 Å². The van der Waals surface area contributed by atoms with Crippen molar-refractivity contribution >= 4 is 25.3 Å². The topological polar surface area (TPSA) is 53.0 Å². The highest BCUT2D eigenvalue weighted by Crippen LogP contribution is 2.14. The predicted molar refractivity (Wildman–Crippen MR) is 51.7 cm³/mol. The van der Waals surface area contributed by atoms with Gasteiger partial charge in [-0.2, -0.15) is 5.26 Å². The third kappa shape index (κ3) is 3.25. The smallest absolute Gasteiger partial charge is 0.139 e. The quantitative estimate of drug-likeness (QED) is 0.445. The fourth-order valence-corrected chi connectivity index (χ4v) is 0.906. The number of thiol groups is 2. The minimum Gasteiger partial charge on any atom is -0.403 e. The standard InChI is InChI=1S/C6H9N3S2/c1-9(3-2-7)5(4-8)6(10)11/h2-3,10-11H,7H2,1H3/b3-2-. The number of nitrogens with two attached hydrogens (primary N) is 1. The molecule has 0 aromatic heterocycles. The molecule has 0 radical (unpaired) electrons. The van der Waals surface area contributed by atoms with Crippen LogP contribution in [-0.2, 0) is 0 Å². The maximum atomic E-state index is 8.57. The first-order valence-corrected chi connectivity index (χ1v) is 3.66. The van der Waals surface area contributed by atoms with Crippen molar-refractivity contribution in [1.82, 2.24) is 4.90 Å². The van der Waals surface area contributed by atoms with E-state index in [4.69, 9.17) is 11.0 Å². The van der Waals surface area contributed by atoms with E-state index in [-0.39, 0.29) is 0 Å². The molecule has 0 atom stereocenters. The van der Waals surface area contributed by atoms with Crippen molar-refractivity contribution in [2.24, 2.45) is 5.73 Å². The zero-order valence-corrected chi connectivity index (χ0v) is 7.81.